The molecule has 0 heterocycles. The number of rotatable bonds is 8. The van der Waals surface area contributed by atoms with Crippen LogP contribution in [0.5, 0.6) is 0 Å². The first-order valence-electron chi connectivity index (χ1n) is 7.66. The number of amides is 1. The van der Waals surface area contributed by atoms with Crippen molar-refractivity contribution in [3.05, 3.63) is 35.4 Å². The maximum Gasteiger partial charge on any atom is 0.222 e. The summed E-state index contributed by atoms with van der Waals surface area (Å²) in [4.78, 5) is 16.0. The Morgan fingerprint density at radius 2 is 1.86 bits per heavy atom. The standard InChI is InChI=1S/C17H26F2N2O/c1-13(2)5-8-17(22)21(10-9-20(3)4)12-14-6-7-15(18)11-16(14)19/h6-7,11,13H,5,8-10,12H2,1-4H3. The third-order valence-electron chi connectivity index (χ3n) is 3.48. The molecule has 124 valence electrons. The summed E-state index contributed by atoms with van der Waals surface area (Å²) in [7, 11) is 3.85. The molecule has 1 aromatic rings. The number of carbonyl (C=O) groups excluding carboxylic acids is 1. The van der Waals surface area contributed by atoms with Crippen molar-refractivity contribution in [2.24, 2.45) is 5.92 Å². The van der Waals surface area contributed by atoms with Crippen LogP contribution in [0.1, 0.15) is 32.3 Å². The molecule has 0 saturated carbocycles. The molecule has 0 bridgehead atoms. The molecular weight excluding hydrogens is 286 g/mol. The highest BCUT2D eigenvalue weighted by atomic mass is 19.1. The number of hydrogen-bond donors (Lipinski definition) is 0. The molecule has 3 nitrogen and oxygen atoms in total. The first kappa shape index (κ1) is 18.6. The molecule has 0 spiro atoms. The number of likely N-dealkylation sites (N-methyl/N-ethyl adjacent to an activating group) is 1. The van der Waals surface area contributed by atoms with Crippen LogP contribution in [0.2, 0.25) is 0 Å². The minimum Gasteiger partial charge on any atom is -0.337 e. The molecule has 0 N–H and O–H groups in total. The summed E-state index contributed by atoms with van der Waals surface area (Å²) in [5.41, 5.74) is 0.345. The molecule has 0 unspecified atom stereocenters. The van der Waals surface area contributed by atoms with Crippen LogP contribution in [-0.4, -0.2) is 42.9 Å². The summed E-state index contributed by atoms with van der Waals surface area (Å²) < 4.78 is 26.8. The minimum absolute atomic E-state index is 0.0132. The Kier molecular flexibility index (Phi) is 7.45. The predicted molar refractivity (Wildman–Crippen MR) is 84.4 cm³/mol. The Hall–Kier alpha value is -1.49. The molecular formula is C17H26F2N2O. The van der Waals surface area contributed by atoms with E-state index in [-0.39, 0.29) is 12.5 Å². The Labute approximate surface area is 131 Å². The normalized spacial score (nSPS) is 11.3. The van der Waals surface area contributed by atoms with Gasteiger partial charge in [0, 0.05) is 37.7 Å². The van der Waals surface area contributed by atoms with Gasteiger partial charge in [0.05, 0.1) is 0 Å². The largest absolute Gasteiger partial charge is 0.337 e. The predicted octanol–water partition coefficient (Wildman–Crippen LogP) is 3.29. The average Bonchev–Trinajstić information content (AvgIpc) is 2.42. The average molecular weight is 312 g/mol. The van der Waals surface area contributed by atoms with Crippen LogP contribution >= 0.6 is 0 Å². The number of nitrogens with zero attached hydrogens (tertiary/aromatic N) is 2. The smallest absolute Gasteiger partial charge is 0.222 e. The molecule has 0 aliphatic carbocycles. The van der Waals surface area contributed by atoms with Crippen LogP contribution in [0.25, 0.3) is 0 Å². The van der Waals surface area contributed by atoms with E-state index in [4.69, 9.17) is 0 Å². The van der Waals surface area contributed by atoms with Gasteiger partial charge < -0.3 is 9.80 Å². The maximum atomic E-state index is 13.8. The zero-order valence-corrected chi connectivity index (χ0v) is 13.9. The quantitative estimate of drug-likeness (QED) is 0.735. The number of benzene rings is 1. The number of carbonyl (C=O) groups is 1. The molecule has 0 aliphatic rings. The van der Waals surface area contributed by atoms with Crippen molar-refractivity contribution in [1.82, 2.24) is 9.80 Å². The Bertz CT molecular complexity index is 490. The van der Waals surface area contributed by atoms with Gasteiger partial charge in [-0.1, -0.05) is 19.9 Å². The van der Waals surface area contributed by atoms with E-state index in [0.29, 0.717) is 31.0 Å². The Morgan fingerprint density at radius 3 is 2.41 bits per heavy atom. The molecule has 1 rings (SSSR count). The molecule has 0 aliphatic heterocycles. The van der Waals surface area contributed by atoms with E-state index in [0.717, 1.165) is 12.5 Å². The van der Waals surface area contributed by atoms with Gasteiger partial charge in [0.1, 0.15) is 11.6 Å². The van der Waals surface area contributed by atoms with Gasteiger partial charge in [-0.2, -0.15) is 0 Å². The van der Waals surface area contributed by atoms with Crippen molar-refractivity contribution in [3.63, 3.8) is 0 Å². The molecule has 1 aromatic carbocycles. The summed E-state index contributed by atoms with van der Waals surface area (Å²) in [5, 5.41) is 0. The summed E-state index contributed by atoms with van der Waals surface area (Å²) in [5.74, 6) is -0.750. The van der Waals surface area contributed by atoms with Crippen LogP contribution in [0.4, 0.5) is 8.78 Å². The molecule has 0 atom stereocenters. The van der Waals surface area contributed by atoms with Crippen LogP contribution in [0.3, 0.4) is 0 Å². The van der Waals surface area contributed by atoms with E-state index in [1.54, 1.807) is 4.90 Å². The van der Waals surface area contributed by atoms with E-state index in [1.807, 2.05) is 19.0 Å². The number of hydrogen-bond acceptors (Lipinski definition) is 2. The van der Waals surface area contributed by atoms with Gasteiger partial charge in [0.25, 0.3) is 0 Å². The number of halogens is 2. The molecule has 0 radical (unpaired) electrons. The summed E-state index contributed by atoms with van der Waals surface area (Å²) in [6.07, 6.45) is 1.26. The van der Waals surface area contributed by atoms with Crippen molar-refractivity contribution < 1.29 is 13.6 Å². The summed E-state index contributed by atoms with van der Waals surface area (Å²) in [6, 6.07) is 3.49. The monoisotopic (exact) mass is 312 g/mol. The highest BCUT2D eigenvalue weighted by molar-refractivity contribution is 5.76. The van der Waals surface area contributed by atoms with Crippen molar-refractivity contribution >= 4 is 5.91 Å². The Morgan fingerprint density at radius 1 is 1.18 bits per heavy atom. The third kappa shape index (κ3) is 6.52. The molecule has 0 fully saturated rings. The lowest BCUT2D eigenvalue weighted by Crippen LogP contribution is -2.36. The minimum atomic E-state index is -0.605. The molecule has 1 amide bonds. The van der Waals surface area contributed by atoms with E-state index in [1.165, 1.54) is 12.1 Å². The van der Waals surface area contributed by atoms with Crippen LogP contribution in [0.15, 0.2) is 18.2 Å². The highest BCUT2D eigenvalue weighted by Gasteiger charge is 2.16. The topological polar surface area (TPSA) is 23.6 Å². The van der Waals surface area contributed by atoms with Gasteiger partial charge >= 0.3 is 0 Å². The van der Waals surface area contributed by atoms with Gasteiger partial charge in [-0.25, -0.2) is 8.78 Å². The van der Waals surface area contributed by atoms with E-state index in [9.17, 15) is 13.6 Å². The SMILES string of the molecule is CC(C)CCC(=O)N(CCN(C)C)Cc1ccc(F)cc1F. The third-order valence-corrected chi connectivity index (χ3v) is 3.48. The molecule has 0 aromatic heterocycles. The van der Waals surface area contributed by atoms with Gasteiger partial charge in [-0.15, -0.1) is 0 Å². The molecule has 0 saturated heterocycles. The van der Waals surface area contributed by atoms with Crippen molar-refractivity contribution in [1.29, 1.82) is 0 Å². The van der Waals surface area contributed by atoms with E-state index in [2.05, 4.69) is 13.8 Å². The summed E-state index contributed by atoms with van der Waals surface area (Å²) in [6.45, 7) is 5.54. The maximum absolute atomic E-state index is 13.8. The summed E-state index contributed by atoms with van der Waals surface area (Å²) >= 11 is 0. The second-order valence-electron chi connectivity index (χ2n) is 6.29. The van der Waals surface area contributed by atoms with Gasteiger partial charge in [-0.05, 0) is 32.5 Å². The van der Waals surface area contributed by atoms with Crippen LogP contribution in [0, 0.1) is 17.6 Å². The van der Waals surface area contributed by atoms with E-state index < -0.39 is 11.6 Å². The second-order valence-corrected chi connectivity index (χ2v) is 6.29. The van der Waals surface area contributed by atoms with Gasteiger partial charge in [0.2, 0.25) is 5.91 Å². The zero-order chi connectivity index (χ0) is 16.7. The fourth-order valence-corrected chi connectivity index (χ4v) is 2.04. The second kappa shape index (κ2) is 8.83. The fraction of sp³-hybridized carbons (Fsp3) is 0.588. The van der Waals surface area contributed by atoms with Gasteiger partial charge in [0.15, 0.2) is 0 Å². The lowest BCUT2D eigenvalue weighted by atomic mass is 10.1. The lowest BCUT2D eigenvalue weighted by molar-refractivity contribution is -0.132. The van der Waals surface area contributed by atoms with Gasteiger partial charge in [-0.3, -0.25) is 4.79 Å². The van der Waals surface area contributed by atoms with E-state index >= 15 is 0 Å². The molecule has 5 heteroatoms. The first-order valence-corrected chi connectivity index (χ1v) is 7.66. The van der Waals surface area contributed by atoms with Crippen molar-refractivity contribution in [2.75, 3.05) is 27.2 Å². The van der Waals surface area contributed by atoms with Crippen LogP contribution < -0.4 is 0 Å². The fourth-order valence-electron chi connectivity index (χ4n) is 2.04. The zero-order valence-electron chi connectivity index (χ0n) is 13.9. The van der Waals surface area contributed by atoms with Crippen molar-refractivity contribution in [2.45, 2.75) is 33.2 Å². The molecule has 22 heavy (non-hydrogen) atoms. The highest BCUT2D eigenvalue weighted by Crippen LogP contribution is 2.14. The lowest BCUT2D eigenvalue weighted by Gasteiger charge is -2.25. The Balaban J connectivity index is 2.78. The first-order chi connectivity index (χ1) is 10.3. The van der Waals surface area contributed by atoms with Crippen LogP contribution in [-0.2, 0) is 11.3 Å². The van der Waals surface area contributed by atoms with Crippen molar-refractivity contribution in [3.8, 4) is 0 Å².